The van der Waals surface area contributed by atoms with Crippen LogP contribution in [-0.2, 0) is 0 Å². The van der Waals surface area contributed by atoms with Crippen molar-refractivity contribution in [1.82, 2.24) is 0 Å². The van der Waals surface area contributed by atoms with Crippen LogP contribution < -0.4 is 29.6 Å². The Balaban J connectivity index is 0.00000110. The molecule has 0 amide bonds. The average molecular weight is 277 g/mol. The molecule has 0 bridgehead atoms. The second-order valence-electron chi connectivity index (χ2n) is 4.16. The van der Waals surface area contributed by atoms with Gasteiger partial charge in [0.2, 0.25) is 5.78 Å². The van der Waals surface area contributed by atoms with Crippen LogP contribution in [0.4, 0.5) is 5.69 Å². The van der Waals surface area contributed by atoms with E-state index in [0.717, 1.165) is 0 Å². The molecule has 5 nitrogen and oxygen atoms in total. The first kappa shape index (κ1) is 14.6. The Bertz CT molecular complexity index is 760. The van der Waals surface area contributed by atoms with E-state index in [2.05, 4.69) is 0 Å². The number of rotatable bonds is 1. The predicted molar refractivity (Wildman–Crippen MR) is 67.5 cm³/mol. The fraction of sp³-hybridized carbons (Fsp3) is 0. The molecule has 0 spiro atoms. The molecule has 0 heterocycles. The van der Waals surface area contributed by atoms with Gasteiger partial charge in [0, 0.05) is 22.8 Å². The average Bonchev–Trinajstić information content (AvgIpc) is 2.44. The van der Waals surface area contributed by atoms with Crippen molar-refractivity contribution in [3.05, 3.63) is 74.8 Å². The van der Waals surface area contributed by atoms with Gasteiger partial charge in [0.05, 0.1) is 4.92 Å². The molecule has 0 unspecified atom stereocenters. The topological polar surface area (TPSA) is 77.3 Å². The SMILES string of the molecule is O=C1c2ccccc2C(=O)c2c1cccc2[N+](=O)[O-].[H-].[Na+]. The summed E-state index contributed by atoms with van der Waals surface area (Å²) in [6.07, 6.45) is 0. The first-order valence-electron chi connectivity index (χ1n) is 5.57. The smallest absolute Gasteiger partial charge is 1.00 e. The molecule has 0 saturated carbocycles. The van der Waals surface area contributed by atoms with Gasteiger partial charge >= 0.3 is 29.6 Å². The van der Waals surface area contributed by atoms with Crippen molar-refractivity contribution in [3.8, 4) is 0 Å². The monoisotopic (exact) mass is 277 g/mol. The van der Waals surface area contributed by atoms with Gasteiger partial charge in [0.25, 0.3) is 5.69 Å². The first-order valence-corrected chi connectivity index (χ1v) is 5.57. The molecule has 3 rings (SSSR count). The van der Waals surface area contributed by atoms with Crippen LogP contribution in [0.15, 0.2) is 42.5 Å². The van der Waals surface area contributed by atoms with Crippen LogP contribution in [0.3, 0.4) is 0 Å². The van der Waals surface area contributed by atoms with E-state index in [-0.39, 0.29) is 59.1 Å². The molecule has 2 aromatic rings. The third kappa shape index (κ3) is 2.00. The minimum absolute atomic E-state index is 0. The van der Waals surface area contributed by atoms with Gasteiger partial charge in [-0.1, -0.05) is 30.3 Å². The van der Waals surface area contributed by atoms with E-state index >= 15 is 0 Å². The van der Waals surface area contributed by atoms with Crippen LogP contribution in [0, 0.1) is 10.1 Å². The normalized spacial score (nSPS) is 12.2. The van der Waals surface area contributed by atoms with Gasteiger partial charge in [-0.25, -0.2) is 0 Å². The zero-order valence-electron chi connectivity index (χ0n) is 11.6. The fourth-order valence-electron chi connectivity index (χ4n) is 2.28. The van der Waals surface area contributed by atoms with E-state index in [9.17, 15) is 19.7 Å². The van der Waals surface area contributed by atoms with Crippen molar-refractivity contribution in [2.45, 2.75) is 0 Å². The van der Waals surface area contributed by atoms with E-state index in [1.807, 2.05) is 0 Å². The molecule has 1 aliphatic carbocycles. The number of nitro groups is 1. The van der Waals surface area contributed by atoms with Crippen molar-refractivity contribution in [2.75, 3.05) is 0 Å². The minimum Gasteiger partial charge on any atom is -1.00 e. The Morgan fingerprint density at radius 2 is 1.40 bits per heavy atom. The molecule has 6 heteroatoms. The van der Waals surface area contributed by atoms with Gasteiger partial charge < -0.3 is 1.43 Å². The third-order valence-corrected chi connectivity index (χ3v) is 3.13. The van der Waals surface area contributed by atoms with Gasteiger partial charge in [0.15, 0.2) is 5.78 Å². The molecule has 0 aliphatic heterocycles. The minimum atomic E-state index is -0.641. The number of carbonyl (C=O) groups is 2. The largest absolute Gasteiger partial charge is 1.00 e. The van der Waals surface area contributed by atoms with Gasteiger partial charge in [-0.05, 0) is 6.07 Å². The third-order valence-electron chi connectivity index (χ3n) is 3.13. The van der Waals surface area contributed by atoms with Crippen LogP contribution in [0.5, 0.6) is 0 Å². The van der Waals surface area contributed by atoms with Gasteiger partial charge in [-0.15, -0.1) is 0 Å². The molecule has 0 saturated heterocycles. The quantitative estimate of drug-likeness (QED) is 0.341. The Morgan fingerprint density at radius 1 is 0.850 bits per heavy atom. The van der Waals surface area contributed by atoms with Crippen LogP contribution in [0.2, 0.25) is 0 Å². The maximum absolute atomic E-state index is 12.3. The summed E-state index contributed by atoms with van der Waals surface area (Å²) in [7, 11) is 0. The maximum atomic E-state index is 12.3. The number of nitro benzene ring substituents is 1. The number of nitrogens with zero attached hydrogens (tertiary/aromatic N) is 1. The first-order chi connectivity index (χ1) is 9.11. The molecule has 0 radical (unpaired) electrons. The molecule has 0 atom stereocenters. The van der Waals surface area contributed by atoms with E-state index in [4.69, 9.17) is 0 Å². The Labute approximate surface area is 137 Å². The van der Waals surface area contributed by atoms with Crippen LogP contribution in [0.1, 0.15) is 33.3 Å². The van der Waals surface area contributed by atoms with Crippen LogP contribution in [0.25, 0.3) is 0 Å². The van der Waals surface area contributed by atoms with E-state index in [0.29, 0.717) is 5.56 Å². The number of fused-ring (bicyclic) bond motifs is 2. The van der Waals surface area contributed by atoms with Crippen LogP contribution in [-0.4, -0.2) is 16.5 Å². The fourth-order valence-corrected chi connectivity index (χ4v) is 2.28. The summed E-state index contributed by atoms with van der Waals surface area (Å²) in [6, 6.07) is 10.4. The van der Waals surface area contributed by atoms with E-state index < -0.39 is 10.7 Å². The Hall–Kier alpha value is -1.82. The molecule has 0 fully saturated rings. The maximum Gasteiger partial charge on any atom is 1.00 e. The van der Waals surface area contributed by atoms with Gasteiger partial charge in [-0.2, -0.15) is 0 Å². The number of hydrogen-bond donors (Lipinski definition) is 0. The molecule has 20 heavy (non-hydrogen) atoms. The second kappa shape index (κ2) is 5.28. The summed E-state index contributed by atoms with van der Waals surface area (Å²) in [5.41, 5.74) is 0.161. The van der Waals surface area contributed by atoms with E-state index in [1.165, 1.54) is 24.3 Å². The summed E-state index contributed by atoms with van der Waals surface area (Å²) in [6.45, 7) is 0. The predicted octanol–water partition coefficient (Wildman–Crippen LogP) is -0.513. The summed E-state index contributed by atoms with van der Waals surface area (Å²) < 4.78 is 0. The van der Waals surface area contributed by atoms with Crippen molar-refractivity contribution in [3.63, 3.8) is 0 Å². The molecule has 1 aliphatic rings. The Kier molecular flexibility index (Phi) is 3.85. The van der Waals surface area contributed by atoms with E-state index in [1.54, 1.807) is 18.2 Å². The van der Waals surface area contributed by atoms with Crippen molar-refractivity contribution >= 4 is 17.3 Å². The standard InChI is InChI=1S/C14H7NO4.Na.H/c16-13-8-4-1-2-5-9(8)14(17)12-10(13)6-3-7-11(12)15(18)19;;/h1-7H;;/q;+1;-1. The molecular formula is C14H8NNaO4. The van der Waals surface area contributed by atoms with Crippen molar-refractivity contribution < 1.29 is 45.5 Å². The molecular weight excluding hydrogens is 269 g/mol. The number of hydrogen-bond acceptors (Lipinski definition) is 4. The summed E-state index contributed by atoms with van der Waals surface area (Å²) in [5, 5.41) is 11.0. The zero-order chi connectivity index (χ0) is 13.6. The summed E-state index contributed by atoms with van der Waals surface area (Å²) >= 11 is 0. The summed E-state index contributed by atoms with van der Waals surface area (Å²) in [5.74, 6) is -0.827. The summed E-state index contributed by atoms with van der Waals surface area (Å²) in [4.78, 5) is 34.9. The van der Waals surface area contributed by atoms with Gasteiger partial charge in [-0.3, -0.25) is 19.7 Å². The number of ketones is 2. The van der Waals surface area contributed by atoms with Crippen molar-refractivity contribution in [1.29, 1.82) is 0 Å². The zero-order valence-corrected chi connectivity index (χ0v) is 12.6. The Morgan fingerprint density at radius 3 is 2.00 bits per heavy atom. The van der Waals surface area contributed by atoms with Crippen molar-refractivity contribution in [2.24, 2.45) is 0 Å². The molecule has 0 N–H and O–H groups in total. The number of benzene rings is 2. The number of carbonyl (C=O) groups excluding carboxylic acids is 2. The molecule has 94 valence electrons. The van der Waals surface area contributed by atoms with Crippen LogP contribution >= 0.6 is 0 Å². The van der Waals surface area contributed by atoms with Gasteiger partial charge in [0.1, 0.15) is 5.56 Å². The molecule has 2 aromatic carbocycles. The second-order valence-corrected chi connectivity index (χ2v) is 4.16. The molecule has 0 aromatic heterocycles.